The molecule has 0 aliphatic carbocycles. The van der Waals surface area contributed by atoms with Gasteiger partial charge in [-0.3, -0.25) is 4.79 Å². The third kappa shape index (κ3) is 6.04. The van der Waals surface area contributed by atoms with Crippen molar-refractivity contribution in [3.8, 4) is 17.2 Å². The Kier molecular flexibility index (Phi) is 7.39. The number of carbonyl (C=O) groups is 1. The molecular formula is C21H21ClN2O3S. The average molecular weight is 417 g/mol. The number of rotatable bonds is 9. The summed E-state index contributed by atoms with van der Waals surface area (Å²) in [4.78, 5) is 18.4. The summed E-state index contributed by atoms with van der Waals surface area (Å²) < 4.78 is 11.1. The molecule has 0 spiro atoms. The lowest BCUT2D eigenvalue weighted by Crippen LogP contribution is -2.32. The molecule has 0 unspecified atom stereocenters. The van der Waals surface area contributed by atoms with Gasteiger partial charge in [-0.25, -0.2) is 4.98 Å². The van der Waals surface area contributed by atoms with E-state index in [1.165, 1.54) is 11.8 Å². The van der Waals surface area contributed by atoms with Crippen molar-refractivity contribution in [2.75, 3.05) is 26.0 Å². The Morgan fingerprint density at radius 2 is 2.04 bits per heavy atom. The molecule has 1 amide bonds. The zero-order chi connectivity index (χ0) is 19.8. The predicted molar refractivity (Wildman–Crippen MR) is 113 cm³/mol. The highest BCUT2D eigenvalue weighted by molar-refractivity contribution is 7.99. The van der Waals surface area contributed by atoms with Crippen LogP contribution in [0.1, 0.15) is 5.69 Å². The Morgan fingerprint density at radius 1 is 1.21 bits per heavy atom. The van der Waals surface area contributed by atoms with Crippen LogP contribution in [0.15, 0.2) is 65.3 Å². The van der Waals surface area contributed by atoms with Crippen molar-refractivity contribution in [2.45, 2.75) is 5.75 Å². The molecule has 28 heavy (non-hydrogen) atoms. The number of amides is 1. The van der Waals surface area contributed by atoms with Crippen molar-refractivity contribution in [1.29, 1.82) is 0 Å². The van der Waals surface area contributed by atoms with Crippen LogP contribution < -0.4 is 4.74 Å². The fourth-order valence-electron chi connectivity index (χ4n) is 2.42. The average Bonchev–Trinajstić information content (AvgIpc) is 3.17. The number of thioether (sulfide) groups is 1. The summed E-state index contributed by atoms with van der Waals surface area (Å²) in [5, 5.41) is 0.626. The van der Waals surface area contributed by atoms with Gasteiger partial charge in [-0.1, -0.05) is 35.9 Å². The number of hydrogen-bond donors (Lipinski definition) is 0. The van der Waals surface area contributed by atoms with E-state index < -0.39 is 0 Å². The molecule has 0 saturated carbocycles. The lowest BCUT2D eigenvalue weighted by atomic mass is 10.2. The van der Waals surface area contributed by atoms with E-state index in [2.05, 4.69) is 4.98 Å². The van der Waals surface area contributed by atoms with E-state index in [9.17, 15) is 4.79 Å². The van der Waals surface area contributed by atoms with E-state index in [0.717, 1.165) is 11.3 Å². The van der Waals surface area contributed by atoms with Crippen LogP contribution in [-0.2, 0) is 10.5 Å². The Labute approximate surface area is 173 Å². The van der Waals surface area contributed by atoms with Gasteiger partial charge < -0.3 is 14.1 Å². The first-order valence-corrected chi connectivity index (χ1v) is 10.3. The summed E-state index contributed by atoms with van der Waals surface area (Å²) in [6.07, 6.45) is 1.64. The highest BCUT2D eigenvalue weighted by Gasteiger charge is 2.11. The van der Waals surface area contributed by atoms with E-state index in [4.69, 9.17) is 20.8 Å². The maximum atomic E-state index is 12.2. The Morgan fingerprint density at radius 3 is 2.82 bits per heavy atom. The van der Waals surface area contributed by atoms with Gasteiger partial charge in [0.1, 0.15) is 18.6 Å². The molecule has 146 valence electrons. The molecule has 1 heterocycles. The zero-order valence-corrected chi connectivity index (χ0v) is 17.1. The van der Waals surface area contributed by atoms with E-state index in [1.54, 1.807) is 30.3 Å². The molecule has 0 bridgehead atoms. The minimum atomic E-state index is 0.0477. The quantitative estimate of drug-likeness (QED) is 0.503. The molecule has 0 atom stereocenters. The van der Waals surface area contributed by atoms with Gasteiger partial charge in [0.25, 0.3) is 0 Å². The SMILES string of the molecule is CN(CCOc1cccc(Cl)c1)C(=O)CSCc1coc(-c2ccccc2)n1. The Hall–Kier alpha value is -2.44. The number of carbonyl (C=O) groups excluding carboxylic acids is 1. The maximum absolute atomic E-state index is 12.2. The third-order valence-corrected chi connectivity index (χ3v) is 5.15. The molecule has 0 aliphatic heterocycles. The number of aromatic nitrogens is 1. The topological polar surface area (TPSA) is 55.6 Å². The zero-order valence-electron chi connectivity index (χ0n) is 15.5. The van der Waals surface area contributed by atoms with Gasteiger partial charge >= 0.3 is 0 Å². The number of nitrogens with zero attached hydrogens (tertiary/aromatic N) is 2. The molecule has 5 nitrogen and oxygen atoms in total. The normalized spacial score (nSPS) is 10.6. The Bertz CT molecular complexity index is 901. The molecule has 0 N–H and O–H groups in total. The van der Waals surface area contributed by atoms with Gasteiger partial charge in [0.2, 0.25) is 11.8 Å². The largest absolute Gasteiger partial charge is 0.492 e. The molecule has 2 aromatic carbocycles. The monoisotopic (exact) mass is 416 g/mol. The van der Waals surface area contributed by atoms with Crippen LogP contribution in [-0.4, -0.2) is 41.7 Å². The second-order valence-electron chi connectivity index (χ2n) is 6.12. The number of likely N-dealkylation sites (N-methyl/N-ethyl adjacent to an activating group) is 1. The Balaban J connectivity index is 1.37. The van der Waals surface area contributed by atoms with Gasteiger partial charge in [-0.15, -0.1) is 11.8 Å². The van der Waals surface area contributed by atoms with Crippen LogP contribution in [0.4, 0.5) is 0 Å². The van der Waals surface area contributed by atoms with Crippen LogP contribution in [0.5, 0.6) is 5.75 Å². The van der Waals surface area contributed by atoms with Crippen LogP contribution in [0.25, 0.3) is 11.5 Å². The second kappa shape index (κ2) is 10.2. The van der Waals surface area contributed by atoms with E-state index in [-0.39, 0.29) is 5.91 Å². The molecule has 0 saturated heterocycles. The van der Waals surface area contributed by atoms with Crippen LogP contribution in [0.3, 0.4) is 0 Å². The summed E-state index contributed by atoms with van der Waals surface area (Å²) in [6.45, 7) is 0.922. The van der Waals surface area contributed by atoms with E-state index in [0.29, 0.717) is 41.3 Å². The van der Waals surface area contributed by atoms with Gasteiger partial charge in [0, 0.05) is 23.4 Å². The molecule has 0 radical (unpaired) electrons. The number of hydrogen-bond acceptors (Lipinski definition) is 5. The minimum absolute atomic E-state index is 0.0477. The highest BCUT2D eigenvalue weighted by Crippen LogP contribution is 2.20. The van der Waals surface area contributed by atoms with Crippen molar-refractivity contribution >= 4 is 29.3 Å². The fourth-order valence-corrected chi connectivity index (χ4v) is 3.44. The lowest BCUT2D eigenvalue weighted by Gasteiger charge is -2.17. The molecule has 3 rings (SSSR count). The fraction of sp³-hybridized carbons (Fsp3) is 0.238. The van der Waals surface area contributed by atoms with Gasteiger partial charge in [0.05, 0.1) is 18.0 Å². The molecular weight excluding hydrogens is 396 g/mol. The van der Waals surface area contributed by atoms with Crippen molar-refractivity contribution in [1.82, 2.24) is 9.88 Å². The lowest BCUT2D eigenvalue weighted by molar-refractivity contribution is -0.127. The standard InChI is InChI=1S/C21H21ClN2O3S/c1-24(10-11-26-19-9-5-8-17(22)12-19)20(25)15-28-14-18-13-27-21(23-18)16-6-3-2-4-7-16/h2-9,12-13H,10-11,14-15H2,1H3. The second-order valence-corrected chi connectivity index (χ2v) is 7.55. The molecule has 3 aromatic rings. The molecule has 7 heteroatoms. The molecule has 1 aromatic heterocycles. The van der Waals surface area contributed by atoms with Gasteiger partial charge in [0.15, 0.2) is 0 Å². The number of benzene rings is 2. The highest BCUT2D eigenvalue weighted by atomic mass is 35.5. The first kappa shape index (κ1) is 20.3. The predicted octanol–water partition coefficient (Wildman–Crippen LogP) is 4.77. The third-order valence-electron chi connectivity index (χ3n) is 3.97. The smallest absolute Gasteiger partial charge is 0.232 e. The summed E-state index contributed by atoms with van der Waals surface area (Å²) in [7, 11) is 1.77. The maximum Gasteiger partial charge on any atom is 0.232 e. The van der Waals surface area contributed by atoms with Crippen molar-refractivity contribution < 1.29 is 13.9 Å². The first-order chi connectivity index (χ1) is 13.6. The van der Waals surface area contributed by atoms with Crippen molar-refractivity contribution in [3.05, 3.63) is 71.6 Å². The number of ether oxygens (including phenoxy) is 1. The van der Waals surface area contributed by atoms with Crippen LogP contribution >= 0.6 is 23.4 Å². The van der Waals surface area contributed by atoms with Gasteiger partial charge in [-0.05, 0) is 30.3 Å². The summed E-state index contributed by atoms with van der Waals surface area (Å²) in [5.41, 5.74) is 1.76. The first-order valence-electron chi connectivity index (χ1n) is 8.82. The van der Waals surface area contributed by atoms with Crippen LogP contribution in [0, 0.1) is 0 Å². The summed E-state index contributed by atoms with van der Waals surface area (Å²) in [6, 6.07) is 16.9. The summed E-state index contributed by atoms with van der Waals surface area (Å²) in [5.74, 6) is 2.34. The van der Waals surface area contributed by atoms with Crippen molar-refractivity contribution in [3.63, 3.8) is 0 Å². The molecule has 0 aliphatic rings. The number of halogens is 1. The van der Waals surface area contributed by atoms with Crippen LogP contribution in [0.2, 0.25) is 5.02 Å². The van der Waals surface area contributed by atoms with E-state index >= 15 is 0 Å². The van der Waals surface area contributed by atoms with Gasteiger partial charge in [-0.2, -0.15) is 0 Å². The minimum Gasteiger partial charge on any atom is -0.492 e. The number of oxazole rings is 1. The van der Waals surface area contributed by atoms with E-state index in [1.807, 2.05) is 42.5 Å². The summed E-state index contributed by atoms with van der Waals surface area (Å²) >= 11 is 7.43. The van der Waals surface area contributed by atoms with Crippen molar-refractivity contribution in [2.24, 2.45) is 0 Å². The molecule has 0 fully saturated rings.